The molecule has 1 aromatic carbocycles. The summed E-state index contributed by atoms with van der Waals surface area (Å²) in [5, 5.41) is 16.4. The van der Waals surface area contributed by atoms with Gasteiger partial charge in [0.15, 0.2) is 0 Å². The number of benzene rings is 1. The fourth-order valence-corrected chi connectivity index (χ4v) is 3.12. The van der Waals surface area contributed by atoms with Gasteiger partial charge in [-0.1, -0.05) is 28.1 Å². The zero-order chi connectivity index (χ0) is 17.6. The number of nitrogens with zero attached hydrogens (tertiary/aromatic N) is 1. The Morgan fingerprint density at radius 1 is 1.32 bits per heavy atom. The average Bonchev–Trinajstić information content (AvgIpc) is 3.08. The molecule has 0 bridgehead atoms. The summed E-state index contributed by atoms with van der Waals surface area (Å²) in [7, 11) is 0. The summed E-state index contributed by atoms with van der Waals surface area (Å²) in [6, 6.07) is 11.7. The van der Waals surface area contributed by atoms with Crippen LogP contribution in [-0.2, 0) is 4.79 Å². The van der Waals surface area contributed by atoms with Gasteiger partial charge in [0.25, 0.3) is 0 Å². The maximum Gasteiger partial charge on any atom is 0.307 e. The van der Waals surface area contributed by atoms with Gasteiger partial charge in [-0.3, -0.25) is 4.79 Å². The van der Waals surface area contributed by atoms with Crippen LogP contribution in [-0.4, -0.2) is 36.9 Å². The molecular weight excluding hydrogens is 386 g/mol. The summed E-state index contributed by atoms with van der Waals surface area (Å²) in [5.74, 6) is 0.645. The number of aliphatic carboxylic acids is 1. The molecule has 6 nitrogen and oxygen atoms in total. The molecule has 0 spiro atoms. The maximum absolute atomic E-state index is 11.0. The number of carboxylic acids is 1. The summed E-state index contributed by atoms with van der Waals surface area (Å²) in [6.07, 6.45) is 2.30. The van der Waals surface area contributed by atoms with E-state index in [9.17, 15) is 4.79 Å². The van der Waals surface area contributed by atoms with Gasteiger partial charge < -0.3 is 20.3 Å². The first-order valence-electron chi connectivity index (χ1n) is 8.17. The fourth-order valence-electron chi connectivity index (χ4n) is 2.86. The minimum Gasteiger partial charge on any atom is -0.481 e. The molecule has 25 heavy (non-hydrogen) atoms. The molecule has 1 aliphatic rings. The first-order valence-corrected chi connectivity index (χ1v) is 8.96. The average molecular weight is 406 g/mol. The lowest BCUT2D eigenvalue weighted by molar-refractivity contribution is -0.142. The number of carbonyl (C=O) groups is 1. The van der Waals surface area contributed by atoms with E-state index in [-0.39, 0.29) is 11.8 Å². The number of carboxylic acid groups (broad SMARTS) is 1. The topological polar surface area (TPSA) is 86.9 Å². The summed E-state index contributed by atoms with van der Waals surface area (Å²) in [6.45, 7) is 1.98. The van der Waals surface area contributed by atoms with Gasteiger partial charge in [-0.15, -0.1) is 0 Å². The Hall–Kier alpha value is -2.12. The van der Waals surface area contributed by atoms with Crippen molar-refractivity contribution in [3.05, 3.63) is 46.6 Å². The van der Waals surface area contributed by atoms with Crippen LogP contribution in [0.25, 0.3) is 11.3 Å². The molecule has 7 heteroatoms. The van der Waals surface area contributed by atoms with E-state index in [2.05, 4.69) is 31.8 Å². The van der Waals surface area contributed by atoms with Crippen molar-refractivity contribution in [3.8, 4) is 11.3 Å². The zero-order valence-electron chi connectivity index (χ0n) is 13.6. The molecule has 2 aromatic rings. The summed E-state index contributed by atoms with van der Waals surface area (Å²) >= 11 is 3.41. The Morgan fingerprint density at radius 2 is 2.12 bits per heavy atom. The van der Waals surface area contributed by atoms with Crippen molar-refractivity contribution in [1.29, 1.82) is 0 Å². The van der Waals surface area contributed by atoms with E-state index >= 15 is 0 Å². The summed E-state index contributed by atoms with van der Waals surface area (Å²) in [4.78, 5) is 11.0. The Balaban J connectivity index is 1.50. The molecule has 3 rings (SSSR count). The number of hydrazone groups is 1. The Kier molecular flexibility index (Phi) is 5.88. The second-order valence-electron chi connectivity index (χ2n) is 6.12. The molecule has 1 fully saturated rings. The molecule has 0 amide bonds. The molecular formula is C18H20BrN3O3. The fraction of sp³-hybridized carbons (Fsp3) is 0.333. The van der Waals surface area contributed by atoms with Crippen molar-refractivity contribution in [2.45, 2.75) is 6.42 Å². The minimum absolute atomic E-state index is 0.252. The number of furan rings is 1. The lowest BCUT2D eigenvalue weighted by Crippen LogP contribution is -2.42. The minimum atomic E-state index is -0.739. The third-order valence-electron chi connectivity index (χ3n) is 4.21. The number of nitrogens with one attached hydrogen (secondary N) is 2. The molecule has 0 unspecified atom stereocenters. The van der Waals surface area contributed by atoms with E-state index in [1.807, 2.05) is 36.4 Å². The van der Waals surface area contributed by atoms with Crippen molar-refractivity contribution in [1.82, 2.24) is 10.7 Å². The molecule has 2 atom stereocenters. The SMILES string of the molecule is O=C(O)[C@H]1CNC[C@@H](CN/N=C/c2ccc(-c3ccc(Br)cc3)o2)C1. The van der Waals surface area contributed by atoms with Gasteiger partial charge in [-0.2, -0.15) is 5.10 Å². The van der Waals surface area contributed by atoms with Crippen molar-refractivity contribution in [2.24, 2.45) is 16.9 Å². The largest absolute Gasteiger partial charge is 0.481 e. The first-order chi connectivity index (χ1) is 12.1. The second kappa shape index (κ2) is 8.31. The number of rotatable bonds is 6. The van der Waals surface area contributed by atoms with E-state index < -0.39 is 5.97 Å². The van der Waals surface area contributed by atoms with Crippen LogP contribution in [0.3, 0.4) is 0 Å². The Morgan fingerprint density at radius 3 is 2.88 bits per heavy atom. The van der Waals surface area contributed by atoms with Crippen molar-refractivity contribution < 1.29 is 14.3 Å². The van der Waals surface area contributed by atoms with E-state index in [4.69, 9.17) is 9.52 Å². The van der Waals surface area contributed by atoms with Gasteiger partial charge in [-0.05, 0) is 43.1 Å². The van der Waals surface area contributed by atoms with Crippen LogP contribution in [0.1, 0.15) is 12.2 Å². The monoisotopic (exact) mass is 405 g/mol. The maximum atomic E-state index is 11.0. The van der Waals surface area contributed by atoms with Crippen molar-refractivity contribution in [3.63, 3.8) is 0 Å². The number of hydrogen-bond acceptors (Lipinski definition) is 5. The highest BCUT2D eigenvalue weighted by molar-refractivity contribution is 9.10. The van der Waals surface area contributed by atoms with Crippen LogP contribution in [0.5, 0.6) is 0 Å². The van der Waals surface area contributed by atoms with Crippen LogP contribution >= 0.6 is 15.9 Å². The molecule has 0 aliphatic carbocycles. The van der Waals surface area contributed by atoms with Gasteiger partial charge in [-0.25, -0.2) is 0 Å². The van der Waals surface area contributed by atoms with E-state index in [0.717, 1.165) is 22.3 Å². The molecule has 132 valence electrons. The molecule has 1 saturated heterocycles. The molecule has 3 N–H and O–H groups in total. The normalized spacial score (nSPS) is 20.7. The highest BCUT2D eigenvalue weighted by Crippen LogP contribution is 2.23. The molecule has 1 aromatic heterocycles. The lowest BCUT2D eigenvalue weighted by atomic mass is 9.91. The first kappa shape index (κ1) is 17.7. The van der Waals surface area contributed by atoms with Crippen LogP contribution in [0.15, 0.2) is 50.4 Å². The van der Waals surface area contributed by atoms with Crippen molar-refractivity contribution in [2.75, 3.05) is 19.6 Å². The van der Waals surface area contributed by atoms with Gasteiger partial charge in [0, 0.05) is 23.1 Å². The standard InChI is InChI=1S/C18H20BrN3O3/c19-15-3-1-13(2-4-15)17-6-5-16(25-17)11-22-21-9-12-7-14(18(23)24)10-20-8-12/h1-6,11-12,14,20-21H,7-10H2,(H,23,24)/b22-11+/t12-,14+/m0/s1. The number of piperidine rings is 1. The highest BCUT2D eigenvalue weighted by Gasteiger charge is 2.26. The smallest absolute Gasteiger partial charge is 0.307 e. The van der Waals surface area contributed by atoms with E-state index in [1.54, 1.807) is 6.21 Å². The quantitative estimate of drug-likeness (QED) is 0.507. The van der Waals surface area contributed by atoms with Crippen LogP contribution in [0.4, 0.5) is 0 Å². The molecule has 0 saturated carbocycles. The Bertz CT molecular complexity index is 742. The zero-order valence-corrected chi connectivity index (χ0v) is 15.2. The van der Waals surface area contributed by atoms with Gasteiger partial charge in [0.2, 0.25) is 0 Å². The van der Waals surface area contributed by atoms with Crippen LogP contribution < -0.4 is 10.7 Å². The summed E-state index contributed by atoms with van der Waals surface area (Å²) in [5.41, 5.74) is 3.99. The van der Waals surface area contributed by atoms with Crippen molar-refractivity contribution >= 4 is 28.1 Å². The molecule has 2 heterocycles. The molecule has 0 radical (unpaired) electrons. The highest BCUT2D eigenvalue weighted by atomic mass is 79.9. The summed E-state index contributed by atoms with van der Waals surface area (Å²) < 4.78 is 6.78. The third kappa shape index (κ3) is 4.93. The number of halogens is 1. The predicted molar refractivity (Wildman–Crippen MR) is 99.5 cm³/mol. The van der Waals surface area contributed by atoms with Crippen LogP contribution in [0, 0.1) is 11.8 Å². The lowest BCUT2D eigenvalue weighted by Gasteiger charge is -2.27. The Labute approximate surface area is 154 Å². The predicted octanol–water partition coefficient (Wildman–Crippen LogP) is 2.94. The second-order valence-corrected chi connectivity index (χ2v) is 7.04. The van der Waals surface area contributed by atoms with E-state index in [0.29, 0.717) is 25.3 Å². The van der Waals surface area contributed by atoms with Gasteiger partial charge >= 0.3 is 5.97 Å². The van der Waals surface area contributed by atoms with Gasteiger partial charge in [0.1, 0.15) is 11.5 Å². The molecule has 1 aliphatic heterocycles. The third-order valence-corrected chi connectivity index (χ3v) is 4.74. The van der Waals surface area contributed by atoms with Crippen LogP contribution in [0.2, 0.25) is 0 Å². The van der Waals surface area contributed by atoms with Gasteiger partial charge in [0.05, 0.1) is 12.1 Å². The number of hydrogen-bond donors (Lipinski definition) is 3. The van der Waals surface area contributed by atoms with E-state index in [1.165, 1.54) is 0 Å².